The highest BCUT2D eigenvalue weighted by Crippen LogP contribution is 2.68. The topological polar surface area (TPSA) is 18.5 Å². The quantitative estimate of drug-likeness (QED) is 0.359. The van der Waals surface area contributed by atoms with Gasteiger partial charge in [0.2, 0.25) is 0 Å². The largest absolute Gasteiger partial charge is 0.441 e. The Labute approximate surface area is 160 Å². The van der Waals surface area contributed by atoms with Crippen LogP contribution in [0.2, 0.25) is 0 Å². The molecule has 140 valence electrons. The third-order valence-electron chi connectivity index (χ3n) is 3.80. The van der Waals surface area contributed by atoms with Gasteiger partial charge in [0, 0.05) is 0 Å². The molecular weight excluding hydrogens is 498 g/mol. The third kappa shape index (κ3) is 2.37. The lowest BCUT2D eigenvalue weighted by atomic mass is 9.76. The molecule has 0 aromatic heterocycles. The Hall–Kier alpha value is -1.42. The van der Waals surface area contributed by atoms with Gasteiger partial charge in [-0.1, -0.05) is 24.3 Å². The van der Waals surface area contributed by atoms with E-state index in [2.05, 4.69) is 31.9 Å². The van der Waals surface area contributed by atoms with E-state index in [-0.39, 0.29) is 8.95 Å². The molecule has 0 bridgehead atoms. The van der Waals surface area contributed by atoms with Crippen LogP contribution in [-0.2, 0) is 0 Å². The zero-order valence-corrected chi connectivity index (χ0v) is 15.6. The SMILES string of the molecule is FC1(F)C(F)(F)C(Oc2ccccc2Br)(Oc2ccccc2Br)C1(F)F. The van der Waals surface area contributed by atoms with E-state index in [1.807, 2.05) is 0 Å². The minimum absolute atomic E-state index is 0.0110. The van der Waals surface area contributed by atoms with Gasteiger partial charge in [0.25, 0.3) is 0 Å². The van der Waals surface area contributed by atoms with Crippen LogP contribution in [0.25, 0.3) is 0 Å². The van der Waals surface area contributed by atoms with Crippen molar-refractivity contribution in [2.24, 2.45) is 0 Å². The molecular formula is C16H8Br2F6O2. The number of halogens is 8. The van der Waals surface area contributed by atoms with Gasteiger partial charge < -0.3 is 9.47 Å². The normalized spacial score (nSPS) is 21.5. The van der Waals surface area contributed by atoms with Crippen LogP contribution >= 0.6 is 31.9 Å². The summed E-state index contributed by atoms with van der Waals surface area (Å²) in [5.74, 6) is -21.5. The number of ether oxygens (including phenoxy) is 2. The van der Waals surface area contributed by atoms with Crippen LogP contribution < -0.4 is 9.47 Å². The van der Waals surface area contributed by atoms with E-state index in [1.165, 1.54) is 36.4 Å². The van der Waals surface area contributed by atoms with E-state index in [0.29, 0.717) is 0 Å². The first-order chi connectivity index (χ1) is 12.0. The van der Waals surface area contributed by atoms with Crippen LogP contribution in [0.3, 0.4) is 0 Å². The van der Waals surface area contributed by atoms with Gasteiger partial charge in [0.05, 0.1) is 8.95 Å². The van der Waals surface area contributed by atoms with Crippen molar-refractivity contribution in [2.75, 3.05) is 0 Å². The Balaban J connectivity index is 2.14. The highest BCUT2D eigenvalue weighted by atomic mass is 79.9. The molecule has 1 aliphatic rings. The fraction of sp³-hybridized carbons (Fsp3) is 0.250. The highest BCUT2D eigenvalue weighted by Gasteiger charge is 3.03. The van der Waals surface area contributed by atoms with Crippen molar-refractivity contribution in [1.82, 2.24) is 0 Å². The number of hydrogen-bond acceptors (Lipinski definition) is 2. The van der Waals surface area contributed by atoms with Crippen molar-refractivity contribution in [2.45, 2.75) is 23.6 Å². The average Bonchev–Trinajstić information content (AvgIpc) is 2.57. The Morgan fingerprint density at radius 1 is 0.577 bits per heavy atom. The summed E-state index contributed by atoms with van der Waals surface area (Å²) in [6.07, 6.45) is 0. The monoisotopic (exact) mass is 504 g/mol. The molecule has 1 saturated carbocycles. The molecule has 0 heterocycles. The molecule has 3 rings (SSSR count). The molecule has 1 aliphatic carbocycles. The van der Waals surface area contributed by atoms with Crippen molar-refractivity contribution in [3.8, 4) is 11.5 Å². The zero-order chi connectivity index (χ0) is 19.4. The Morgan fingerprint density at radius 3 is 1.27 bits per heavy atom. The van der Waals surface area contributed by atoms with Crippen molar-refractivity contribution >= 4 is 31.9 Å². The second-order valence-electron chi connectivity index (χ2n) is 5.40. The smallest absolute Gasteiger partial charge is 0.398 e. The molecule has 2 aromatic carbocycles. The third-order valence-corrected chi connectivity index (χ3v) is 5.11. The van der Waals surface area contributed by atoms with Gasteiger partial charge in [-0.2, -0.15) is 26.3 Å². The molecule has 1 fully saturated rings. The first-order valence-corrected chi connectivity index (χ1v) is 8.57. The van der Waals surface area contributed by atoms with E-state index in [1.54, 1.807) is 0 Å². The highest BCUT2D eigenvalue weighted by molar-refractivity contribution is 9.10. The van der Waals surface area contributed by atoms with Crippen LogP contribution in [0.4, 0.5) is 26.3 Å². The molecule has 2 nitrogen and oxygen atoms in total. The molecule has 10 heteroatoms. The van der Waals surface area contributed by atoms with Gasteiger partial charge in [-0.15, -0.1) is 0 Å². The second-order valence-corrected chi connectivity index (χ2v) is 7.11. The lowest BCUT2D eigenvalue weighted by Gasteiger charge is -2.56. The predicted molar refractivity (Wildman–Crippen MR) is 87.1 cm³/mol. The summed E-state index contributed by atoms with van der Waals surface area (Å²) in [6.45, 7) is 0. The lowest BCUT2D eigenvalue weighted by Crippen LogP contribution is -2.90. The molecule has 0 atom stereocenters. The van der Waals surface area contributed by atoms with Crippen LogP contribution in [-0.4, -0.2) is 23.6 Å². The summed E-state index contributed by atoms with van der Waals surface area (Å²) < 4.78 is 93.5. The summed E-state index contributed by atoms with van der Waals surface area (Å²) in [5, 5.41) is 0. The van der Waals surface area contributed by atoms with E-state index in [4.69, 9.17) is 9.47 Å². The molecule has 0 spiro atoms. The molecule has 2 aromatic rings. The zero-order valence-electron chi connectivity index (χ0n) is 12.5. The lowest BCUT2D eigenvalue weighted by molar-refractivity contribution is -0.528. The van der Waals surface area contributed by atoms with Crippen molar-refractivity contribution in [3.63, 3.8) is 0 Å². The molecule has 0 radical (unpaired) electrons. The van der Waals surface area contributed by atoms with E-state index in [0.717, 1.165) is 12.1 Å². The van der Waals surface area contributed by atoms with E-state index >= 15 is 0 Å². The van der Waals surface area contributed by atoms with Gasteiger partial charge in [-0.25, -0.2) is 0 Å². The van der Waals surface area contributed by atoms with Crippen molar-refractivity contribution in [3.05, 3.63) is 57.5 Å². The van der Waals surface area contributed by atoms with Gasteiger partial charge in [-0.05, 0) is 56.1 Å². The summed E-state index contributed by atoms with van der Waals surface area (Å²) in [4.78, 5) is 0. The molecule has 0 amide bonds. The van der Waals surface area contributed by atoms with Crippen LogP contribution in [0, 0.1) is 0 Å². The minimum Gasteiger partial charge on any atom is -0.441 e. The first kappa shape index (κ1) is 19.3. The van der Waals surface area contributed by atoms with Crippen molar-refractivity contribution in [1.29, 1.82) is 0 Å². The van der Waals surface area contributed by atoms with Gasteiger partial charge >= 0.3 is 23.6 Å². The van der Waals surface area contributed by atoms with Gasteiger partial charge in [-0.3, -0.25) is 0 Å². The summed E-state index contributed by atoms with van der Waals surface area (Å²) in [5.41, 5.74) is 0. The maximum atomic E-state index is 14.3. The Bertz CT molecular complexity index is 775. The molecule has 0 N–H and O–H groups in total. The van der Waals surface area contributed by atoms with Gasteiger partial charge in [0.1, 0.15) is 11.5 Å². The Morgan fingerprint density at radius 2 is 0.923 bits per heavy atom. The maximum Gasteiger partial charge on any atom is 0.398 e. The molecule has 0 aliphatic heterocycles. The number of rotatable bonds is 4. The van der Waals surface area contributed by atoms with Crippen LogP contribution in [0.5, 0.6) is 11.5 Å². The van der Waals surface area contributed by atoms with E-state index < -0.39 is 35.1 Å². The number of alkyl halides is 6. The van der Waals surface area contributed by atoms with Crippen LogP contribution in [0.15, 0.2) is 57.5 Å². The fourth-order valence-corrected chi connectivity index (χ4v) is 3.12. The summed E-state index contributed by atoms with van der Waals surface area (Å²) in [6, 6.07) is 10.3. The summed E-state index contributed by atoms with van der Waals surface area (Å²) in [7, 11) is 0. The average molecular weight is 506 g/mol. The van der Waals surface area contributed by atoms with Crippen LogP contribution in [0.1, 0.15) is 0 Å². The number of benzene rings is 2. The van der Waals surface area contributed by atoms with Crippen molar-refractivity contribution < 1.29 is 35.8 Å². The van der Waals surface area contributed by atoms with E-state index in [9.17, 15) is 26.3 Å². The predicted octanol–water partition coefficient (Wildman–Crippen LogP) is 6.29. The van der Waals surface area contributed by atoms with Gasteiger partial charge in [0.15, 0.2) is 0 Å². The molecule has 26 heavy (non-hydrogen) atoms. The Kier molecular flexibility index (Phi) is 4.50. The number of hydrogen-bond donors (Lipinski definition) is 0. The first-order valence-electron chi connectivity index (χ1n) is 6.98. The minimum atomic E-state index is -5.65. The summed E-state index contributed by atoms with van der Waals surface area (Å²) >= 11 is 5.88. The fourth-order valence-electron chi connectivity index (χ4n) is 2.39. The molecule has 0 unspecified atom stereocenters. The number of para-hydroxylation sites is 2. The second kappa shape index (κ2) is 6.05. The standard InChI is InChI=1S/C16H8Br2F6O2/c17-9-5-1-3-7-11(9)25-16(26-12-8-4-2-6-10(12)18)14(21,22)13(19,20)15(16,23)24/h1-8H. The molecule has 0 saturated heterocycles. The maximum absolute atomic E-state index is 14.3.